The molecular weight excluding hydrogens is 232 g/mol. The van der Waals surface area contributed by atoms with Gasteiger partial charge in [-0.3, -0.25) is 0 Å². The molecule has 1 aromatic rings. The van der Waals surface area contributed by atoms with E-state index in [1.807, 2.05) is 25.1 Å². The summed E-state index contributed by atoms with van der Waals surface area (Å²) in [5.74, 6) is 0.940. The fourth-order valence-corrected chi connectivity index (χ4v) is 2.23. The number of aliphatic hydroxyl groups excluding tert-OH is 1. The van der Waals surface area contributed by atoms with Gasteiger partial charge >= 0.3 is 0 Å². The van der Waals surface area contributed by atoms with Gasteiger partial charge in [0, 0.05) is 11.4 Å². The Morgan fingerprint density at radius 3 is 2.82 bits per heavy atom. The van der Waals surface area contributed by atoms with Crippen molar-refractivity contribution < 1.29 is 5.11 Å². The van der Waals surface area contributed by atoms with Crippen LogP contribution in [0.1, 0.15) is 25.8 Å². The van der Waals surface area contributed by atoms with Gasteiger partial charge in [-0.2, -0.15) is 5.26 Å². The summed E-state index contributed by atoms with van der Waals surface area (Å²) < 4.78 is 0. The molecule has 0 radical (unpaired) electrons. The minimum Gasteiger partial charge on any atom is -0.391 e. The first kappa shape index (κ1) is 13.9. The lowest BCUT2D eigenvalue weighted by Crippen LogP contribution is -2.18. The Hall–Kier alpha value is -1.18. The van der Waals surface area contributed by atoms with Crippen LogP contribution >= 0.6 is 11.8 Å². The van der Waals surface area contributed by atoms with Crippen LogP contribution in [0.25, 0.3) is 0 Å². The topological polar surface area (TPSA) is 56.0 Å². The molecule has 2 N–H and O–H groups in total. The number of benzene rings is 1. The molecular formula is C13H18N2OS. The summed E-state index contributed by atoms with van der Waals surface area (Å²) in [6, 6.07) is 7.98. The second-order valence-electron chi connectivity index (χ2n) is 3.67. The molecule has 0 saturated carbocycles. The Morgan fingerprint density at radius 2 is 2.24 bits per heavy atom. The zero-order valence-corrected chi connectivity index (χ0v) is 11.0. The molecule has 1 aromatic carbocycles. The van der Waals surface area contributed by atoms with Crippen molar-refractivity contribution in [3.63, 3.8) is 0 Å². The number of rotatable bonds is 6. The van der Waals surface area contributed by atoms with Gasteiger partial charge in [-0.05, 0) is 24.3 Å². The van der Waals surface area contributed by atoms with Crippen LogP contribution in [0.15, 0.2) is 23.1 Å². The Labute approximate surface area is 107 Å². The Kier molecular flexibility index (Phi) is 5.88. The van der Waals surface area contributed by atoms with E-state index in [2.05, 4.69) is 18.3 Å². The molecule has 17 heavy (non-hydrogen) atoms. The second kappa shape index (κ2) is 7.21. The average Bonchev–Trinajstić information content (AvgIpc) is 2.36. The van der Waals surface area contributed by atoms with Crippen LogP contribution in [0.5, 0.6) is 0 Å². The molecule has 4 heteroatoms. The minimum absolute atomic E-state index is 0.371. The highest BCUT2D eigenvalue weighted by Crippen LogP contribution is 2.27. The van der Waals surface area contributed by atoms with Crippen molar-refractivity contribution in [2.75, 3.05) is 17.6 Å². The highest BCUT2D eigenvalue weighted by atomic mass is 32.2. The summed E-state index contributed by atoms with van der Waals surface area (Å²) in [7, 11) is 0. The van der Waals surface area contributed by atoms with E-state index in [1.54, 1.807) is 11.8 Å². The maximum absolute atomic E-state index is 9.50. The number of aliphatic hydroxyl groups is 1. The molecule has 0 spiro atoms. The molecule has 3 nitrogen and oxygen atoms in total. The summed E-state index contributed by atoms with van der Waals surface area (Å²) in [6.45, 7) is 4.47. The van der Waals surface area contributed by atoms with Crippen LogP contribution in [0, 0.1) is 11.3 Å². The Bertz CT molecular complexity index is 401. The van der Waals surface area contributed by atoms with Gasteiger partial charge in [0.2, 0.25) is 0 Å². The highest BCUT2D eigenvalue weighted by molar-refractivity contribution is 7.99. The maximum Gasteiger partial charge on any atom is 0.102 e. The van der Waals surface area contributed by atoms with Gasteiger partial charge in [0.05, 0.1) is 17.4 Å². The molecule has 0 amide bonds. The molecule has 0 heterocycles. The van der Waals surface area contributed by atoms with E-state index in [1.165, 1.54) is 0 Å². The average molecular weight is 250 g/mol. The van der Waals surface area contributed by atoms with Gasteiger partial charge in [-0.1, -0.05) is 19.9 Å². The predicted octanol–water partition coefficient (Wildman–Crippen LogP) is 2.85. The van der Waals surface area contributed by atoms with Gasteiger partial charge in [-0.25, -0.2) is 0 Å². The van der Waals surface area contributed by atoms with E-state index in [-0.39, 0.29) is 6.10 Å². The normalized spacial score (nSPS) is 11.9. The number of hydrogen-bond acceptors (Lipinski definition) is 4. The molecule has 92 valence electrons. The van der Waals surface area contributed by atoms with Crippen molar-refractivity contribution in [1.29, 1.82) is 5.26 Å². The van der Waals surface area contributed by atoms with Crippen molar-refractivity contribution >= 4 is 17.4 Å². The van der Waals surface area contributed by atoms with Crippen molar-refractivity contribution in [3.8, 4) is 6.07 Å². The zero-order chi connectivity index (χ0) is 12.7. The van der Waals surface area contributed by atoms with Gasteiger partial charge in [-0.15, -0.1) is 11.8 Å². The molecule has 0 aliphatic rings. The van der Waals surface area contributed by atoms with E-state index in [0.29, 0.717) is 18.5 Å². The lowest BCUT2D eigenvalue weighted by molar-refractivity contribution is 0.183. The summed E-state index contributed by atoms with van der Waals surface area (Å²) in [6.07, 6.45) is 0.335. The fraction of sp³-hybridized carbons (Fsp3) is 0.462. The first-order valence-corrected chi connectivity index (χ1v) is 6.79. The van der Waals surface area contributed by atoms with Crippen LogP contribution in [0.4, 0.5) is 5.69 Å². The molecule has 0 aliphatic heterocycles. The second-order valence-corrected chi connectivity index (χ2v) is 4.97. The summed E-state index contributed by atoms with van der Waals surface area (Å²) in [4.78, 5) is 0.992. The smallest absolute Gasteiger partial charge is 0.102 e. The zero-order valence-electron chi connectivity index (χ0n) is 10.2. The number of hydrogen-bond donors (Lipinski definition) is 2. The van der Waals surface area contributed by atoms with Crippen molar-refractivity contribution in [1.82, 2.24) is 0 Å². The molecule has 1 atom stereocenters. The van der Waals surface area contributed by atoms with Crippen molar-refractivity contribution in [2.24, 2.45) is 0 Å². The van der Waals surface area contributed by atoms with Gasteiger partial charge in [0.15, 0.2) is 0 Å². The van der Waals surface area contributed by atoms with Crippen LogP contribution in [-0.2, 0) is 0 Å². The molecule has 1 unspecified atom stereocenters. The van der Waals surface area contributed by atoms with Crippen molar-refractivity contribution in [3.05, 3.63) is 23.8 Å². The molecule has 0 fully saturated rings. The minimum atomic E-state index is -0.371. The summed E-state index contributed by atoms with van der Waals surface area (Å²) in [5.41, 5.74) is 1.47. The van der Waals surface area contributed by atoms with Crippen LogP contribution in [0.3, 0.4) is 0 Å². The maximum atomic E-state index is 9.50. The monoisotopic (exact) mass is 250 g/mol. The van der Waals surface area contributed by atoms with Crippen LogP contribution < -0.4 is 5.32 Å². The summed E-state index contributed by atoms with van der Waals surface area (Å²) in [5, 5.41) is 21.8. The van der Waals surface area contributed by atoms with E-state index in [4.69, 9.17) is 0 Å². The highest BCUT2D eigenvalue weighted by Gasteiger charge is 2.08. The van der Waals surface area contributed by atoms with Crippen molar-refractivity contribution in [2.45, 2.75) is 31.3 Å². The first-order chi connectivity index (χ1) is 8.22. The SMILES string of the molecule is CCSc1cccc(NCC(O)CC)c1C#N. The Balaban J connectivity index is 2.84. The lowest BCUT2D eigenvalue weighted by Gasteiger charge is -2.13. The Morgan fingerprint density at radius 1 is 1.47 bits per heavy atom. The standard InChI is InChI=1S/C13H18N2OS/c1-3-10(16)9-15-12-6-5-7-13(17-4-2)11(12)8-14/h5-7,10,15-16H,3-4,9H2,1-2H3. The first-order valence-electron chi connectivity index (χ1n) is 5.80. The number of nitrogens with one attached hydrogen (secondary N) is 1. The third-order valence-electron chi connectivity index (χ3n) is 2.44. The van der Waals surface area contributed by atoms with Gasteiger partial charge < -0.3 is 10.4 Å². The number of nitriles is 1. The number of anilines is 1. The third-order valence-corrected chi connectivity index (χ3v) is 3.38. The number of nitrogens with zero attached hydrogens (tertiary/aromatic N) is 1. The number of thioether (sulfide) groups is 1. The van der Waals surface area contributed by atoms with Gasteiger partial charge in [0.25, 0.3) is 0 Å². The predicted molar refractivity (Wildman–Crippen MR) is 72.3 cm³/mol. The fourth-order valence-electron chi connectivity index (χ4n) is 1.44. The quantitative estimate of drug-likeness (QED) is 0.762. The molecule has 0 aromatic heterocycles. The molecule has 1 rings (SSSR count). The van der Waals surface area contributed by atoms with Crippen LogP contribution in [-0.4, -0.2) is 23.5 Å². The van der Waals surface area contributed by atoms with E-state index < -0.39 is 0 Å². The summed E-state index contributed by atoms with van der Waals surface area (Å²) >= 11 is 1.66. The largest absolute Gasteiger partial charge is 0.391 e. The van der Waals surface area contributed by atoms with E-state index in [0.717, 1.165) is 16.3 Å². The van der Waals surface area contributed by atoms with Gasteiger partial charge in [0.1, 0.15) is 6.07 Å². The lowest BCUT2D eigenvalue weighted by atomic mass is 10.2. The molecule has 0 saturated heterocycles. The van der Waals surface area contributed by atoms with Crippen LogP contribution in [0.2, 0.25) is 0 Å². The molecule has 0 bridgehead atoms. The van der Waals surface area contributed by atoms with E-state index >= 15 is 0 Å². The molecule has 0 aliphatic carbocycles. The third kappa shape index (κ3) is 3.95. The van der Waals surface area contributed by atoms with E-state index in [9.17, 15) is 10.4 Å².